The molecule has 3 aromatic carbocycles. The summed E-state index contributed by atoms with van der Waals surface area (Å²) in [5.41, 5.74) is 2.55. The second-order valence-corrected chi connectivity index (χ2v) is 12.7. The number of quaternary nitrogens is 1. The van der Waals surface area contributed by atoms with Gasteiger partial charge in [0.25, 0.3) is 5.84 Å². The van der Waals surface area contributed by atoms with Crippen molar-refractivity contribution in [3.8, 4) is 16.3 Å². The van der Waals surface area contributed by atoms with Gasteiger partial charge in [-0.2, -0.15) is 22.4 Å². The fourth-order valence-corrected chi connectivity index (χ4v) is 6.82. The molecule has 0 aliphatic carbocycles. The number of benzene rings is 3. The number of aromatic nitrogens is 1. The molecule has 232 valence electrons. The monoisotopic (exact) mass is 654 g/mol. The minimum Gasteiger partial charge on any atom is -0.488 e. The molecular weight excluding hydrogens is 627 g/mol. The topological polar surface area (TPSA) is 67.3 Å². The number of anilines is 1. The molecule has 45 heavy (non-hydrogen) atoms. The first-order valence-corrected chi connectivity index (χ1v) is 15.7. The number of para-hydroxylation sites is 1. The zero-order valence-corrected chi connectivity index (χ0v) is 25.5. The van der Waals surface area contributed by atoms with E-state index in [1.54, 1.807) is 18.2 Å². The smallest absolute Gasteiger partial charge is 0.488 e. The Balaban J connectivity index is 1.09. The molecule has 3 aliphatic heterocycles. The van der Waals surface area contributed by atoms with E-state index in [1.807, 2.05) is 18.2 Å². The van der Waals surface area contributed by atoms with E-state index in [1.165, 1.54) is 29.2 Å². The number of oxime groups is 1. The van der Waals surface area contributed by atoms with Gasteiger partial charge in [0.15, 0.2) is 0 Å². The normalized spacial score (nSPS) is 17.8. The number of amides is 1. The Morgan fingerprint density at radius 3 is 2.38 bits per heavy atom. The maximum atomic E-state index is 13.2. The van der Waals surface area contributed by atoms with Gasteiger partial charge in [0.05, 0.1) is 26.7 Å². The van der Waals surface area contributed by atoms with Crippen LogP contribution in [0.5, 0.6) is 5.75 Å². The lowest BCUT2D eigenvalue weighted by Gasteiger charge is -2.35. The first-order chi connectivity index (χ1) is 21.7. The number of thiazole rings is 1. The van der Waals surface area contributed by atoms with Crippen molar-refractivity contribution in [2.45, 2.75) is 19.3 Å². The van der Waals surface area contributed by atoms with Gasteiger partial charge < -0.3 is 9.64 Å². The summed E-state index contributed by atoms with van der Waals surface area (Å²) in [7, 11) is 0. The van der Waals surface area contributed by atoms with Gasteiger partial charge in [-0.25, -0.2) is 4.98 Å². The maximum absolute atomic E-state index is 13.2. The van der Waals surface area contributed by atoms with Crippen molar-refractivity contribution >= 4 is 40.6 Å². The van der Waals surface area contributed by atoms with Crippen molar-refractivity contribution in [2.24, 2.45) is 5.16 Å². The molecule has 8 nitrogen and oxygen atoms in total. The summed E-state index contributed by atoms with van der Waals surface area (Å²) in [6.07, 6.45) is -4.81. The van der Waals surface area contributed by atoms with E-state index in [-0.39, 0.29) is 11.1 Å². The summed E-state index contributed by atoms with van der Waals surface area (Å²) in [5, 5.41) is 4.98. The third-order valence-corrected chi connectivity index (χ3v) is 9.72. The molecule has 0 N–H and O–H groups in total. The van der Waals surface area contributed by atoms with Crippen molar-refractivity contribution in [1.82, 2.24) is 9.88 Å². The van der Waals surface area contributed by atoms with Crippen molar-refractivity contribution in [1.29, 1.82) is 0 Å². The first-order valence-electron chi connectivity index (χ1n) is 14.5. The van der Waals surface area contributed by atoms with Gasteiger partial charge in [-0.1, -0.05) is 41.9 Å². The van der Waals surface area contributed by atoms with E-state index >= 15 is 0 Å². The molecule has 0 saturated carbocycles. The molecule has 0 radical (unpaired) electrons. The number of rotatable bonds is 8. The van der Waals surface area contributed by atoms with Crippen molar-refractivity contribution in [3.63, 3.8) is 0 Å². The summed E-state index contributed by atoms with van der Waals surface area (Å²) in [6, 6.07) is 20.6. The third kappa shape index (κ3) is 6.02. The van der Waals surface area contributed by atoms with Crippen LogP contribution in [0.25, 0.3) is 10.6 Å². The van der Waals surface area contributed by atoms with Gasteiger partial charge in [-0.15, -0.1) is 11.3 Å². The van der Waals surface area contributed by atoms with E-state index in [0.717, 1.165) is 48.9 Å². The third-order valence-electron chi connectivity index (χ3n) is 8.29. The number of alkyl halides is 3. The molecule has 0 atom stereocenters. The molecule has 2 saturated heterocycles. The van der Waals surface area contributed by atoms with Crippen LogP contribution in [0.2, 0.25) is 5.02 Å². The molecule has 4 heterocycles. The molecular formula is C32H28ClF3N5O3S+. The standard InChI is InChI=1S/C32H28ClF3N5O3S/c33-26-18-24(10-11-25(26)29-38-44-31(42)41(29)16-17-41)43-20-28-27(19-39-12-14-40(15-13-39)23-4-2-1-3-5-23)37-30(45-28)21-6-8-22(9-7-21)32(34,35)36/h1-11,18H,12-17,19-20H2/q+1. The summed E-state index contributed by atoms with van der Waals surface area (Å²) < 4.78 is 45.7. The van der Waals surface area contributed by atoms with Crippen LogP contribution in [0, 0.1) is 0 Å². The number of hydrogen-bond acceptors (Lipinski definition) is 8. The zero-order valence-electron chi connectivity index (χ0n) is 24.0. The fraction of sp³-hybridized carbons (Fsp3) is 0.281. The van der Waals surface area contributed by atoms with Gasteiger partial charge in [0, 0.05) is 44.0 Å². The minimum absolute atomic E-state index is 0.0521. The summed E-state index contributed by atoms with van der Waals surface area (Å²) in [4.78, 5) is 27.5. The summed E-state index contributed by atoms with van der Waals surface area (Å²) in [5.74, 6) is 1.02. The predicted molar refractivity (Wildman–Crippen MR) is 165 cm³/mol. The number of halogens is 4. The van der Waals surface area contributed by atoms with Crippen LogP contribution in [-0.2, 0) is 24.2 Å². The highest BCUT2D eigenvalue weighted by molar-refractivity contribution is 7.15. The highest BCUT2D eigenvalue weighted by Crippen LogP contribution is 2.37. The van der Waals surface area contributed by atoms with Crippen LogP contribution in [0.15, 0.2) is 78.0 Å². The Labute approximate surface area is 266 Å². The SMILES string of the molecule is O=C1ON=C(c2ccc(OCc3sc(-c4ccc(C(F)(F)F)cc4)nc3CN3CCN(c4ccccc4)CC3)cc2Cl)[N+]12CC2. The van der Waals surface area contributed by atoms with Crippen LogP contribution < -0.4 is 9.64 Å². The summed E-state index contributed by atoms with van der Waals surface area (Å²) >= 11 is 8.01. The predicted octanol–water partition coefficient (Wildman–Crippen LogP) is 7.03. The molecule has 0 bridgehead atoms. The molecule has 7 rings (SSSR count). The van der Waals surface area contributed by atoms with E-state index in [2.05, 4.69) is 27.1 Å². The van der Waals surface area contributed by atoms with Crippen LogP contribution in [0.3, 0.4) is 0 Å². The minimum atomic E-state index is -4.41. The largest absolute Gasteiger partial charge is 0.549 e. The second-order valence-electron chi connectivity index (χ2n) is 11.2. The number of amidine groups is 1. The molecule has 0 unspecified atom stereocenters. The highest BCUT2D eigenvalue weighted by Gasteiger charge is 2.62. The fourth-order valence-electron chi connectivity index (χ4n) is 5.57. The van der Waals surface area contributed by atoms with Gasteiger partial charge in [0.2, 0.25) is 0 Å². The molecule has 13 heteroatoms. The Bertz CT molecular complexity index is 1750. The number of ether oxygens (including phenoxy) is 1. The van der Waals surface area contributed by atoms with E-state index in [9.17, 15) is 18.0 Å². The van der Waals surface area contributed by atoms with Crippen molar-refractivity contribution < 1.29 is 32.0 Å². The molecule has 1 aromatic heterocycles. The molecule has 2 fully saturated rings. The lowest BCUT2D eigenvalue weighted by Crippen LogP contribution is -2.46. The maximum Gasteiger partial charge on any atom is 0.549 e. The highest BCUT2D eigenvalue weighted by atomic mass is 35.5. The number of piperazine rings is 1. The second kappa shape index (κ2) is 11.8. The van der Waals surface area contributed by atoms with Crippen molar-refractivity contribution in [2.75, 3.05) is 44.2 Å². The molecule has 3 aliphatic rings. The lowest BCUT2D eigenvalue weighted by molar-refractivity contribution is -0.606. The summed E-state index contributed by atoms with van der Waals surface area (Å²) in [6.45, 7) is 5.48. The first kappa shape index (κ1) is 29.7. The lowest BCUT2D eigenvalue weighted by atomic mass is 10.1. The number of nitrogens with zero attached hydrogens (tertiary/aromatic N) is 5. The van der Waals surface area contributed by atoms with Gasteiger partial charge in [0.1, 0.15) is 30.5 Å². The Hall–Kier alpha value is -3.97. The van der Waals surface area contributed by atoms with E-state index in [0.29, 0.717) is 52.4 Å². The van der Waals surface area contributed by atoms with E-state index in [4.69, 9.17) is 26.2 Å². The number of hydrogen-bond donors (Lipinski definition) is 0. The van der Waals surface area contributed by atoms with Crippen LogP contribution >= 0.6 is 22.9 Å². The molecule has 4 aromatic rings. The van der Waals surface area contributed by atoms with Crippen molar-refractivity contribution in [3.05, 3.63) is 99.5 Å². The Morgan fingerprint density at radius 2 is 1.71 bits per heavy atom. The van der Waals surface area contributed by atoms with Gasteiger partial charge in [-0.3, -0.25) is 9.74 Å². The average molecular weight is 655 g/mol. The number of carbonyl (C=O) groups is 1. The number of carbonyl (C=O) groups excluding carboxylic acids is 1. The Morgan fingerprint density at radius 1 is 0.978 bits per heavy atom. The van der Waals surface area contributed by atoms with Gasteiger partial charge in [-0.05, 0) is 47.6 Å². The van der Waals surface area contributed by atoms with E-state index < -0.39 is 17.8 Å². The van der Waals surface area contributed by atoms with Gasteiger partial charge >= 0.3 is 12.3 Å². The average Bonchev–Trinajstić information content (AvgIpc) is 3.66. The molecule has 1 amide bonds. The Kier molecular flexibility index (Phi) is 7.76. The van der Waals surface area contributed by atoms with Crippen LogP contribution in [0.1, 0.15) is 21.7 Å². The van der Waals surface area contributed by atoms with Crippen LogP contribution in [-0.4, -0.2) is 65.6 Å². The van der Waals surface area contributed by atoms with Crippen LogP contribution in [0.4, 0.5) is 23.7 Å². The molecule has 1 spiro atoms. The quantitative estimate of drug-likeness (QED) is 0.116. The zero-order chi connectivity index (χ0) is 31.2.